The lowest BCUT2D eigenvalue weighted by atomic mass is 10.2. The Morgan fingerprint density at radius 1 is 1.24 bits per heavy atom. The topological polar surface area (TPSA) is 84.0 Å². The molecule has 0 aliphatic heterocycles. The number of carbonyl (C=O) groups excluding carboxylic acids is 1. The van der Waals surface area contributed by atoms with E-state index in [1.807, 2.05) is 19.9 Å². The molecular formula is C21H22ClN3O4. The third kappa shape index (κ3) is 4.19. The molecule has 8 heteroatoms. The zero-order valence-corrected chi connectivity index (χ0v) is 17.2. The monoisotopic (exact) mass is 415 g/mol. The predicted molar refractivity (Wildman–Crippen MR) is 113 cm³/mol. The summed E-state index contributed by atoms with van der Waals surface area (Å²) in [6.07, 6.45) is 4.54. The number of aromatic hydroxyl groups is 1. The fourth-order valence-electron chi connectivity index (χ4n) is 3.20. The van der Waals surface area contributed by atoms with Crippen molar-refractivity contribution in [1.82, 2.24) is 8.97 Å². The van der Waals surface area contributed by atoms with Gasteiger partial charge >= 0.3 is 0 Å². The van der Waals surface area contributed by atoms with Gasteiger partial charge in [-0.2, -0.15) is 0 Å². The fraction of sp³-hybridized carbons (Fsp3) is 0.286. The molecular weight excluding hydrogens is 394 g/mol. The summed E-state index contributed by atoms with van der Waals surface area (Å²) < 4.78 is 2.76. The molecule has 0 radical (unpaired) electrons. The third-order valence-electron chi connectivity index (χ3n) is 4.52. The second kappa shape index (κ2) is 8.13. The number of pyridine rings is 1. The number of rotatable bonds is 5. The SMILES string of the molecule is CC(=O)N(CC(C)C)c1cn2ccn(Cc3cccc(Cl)c3)c(=O)c2c(O)c1=O. The van der Waals surface area contributed by atoms with Gasteiger partial charge in [-0.05, 0) is 23.6 Å². The van der Waals surface area contributed by atoms with Crippen molar-refractivity contribution in [3.63, 3.8) is 0 Å². The number of benzene rings is 1. The van der Waals surface area contributed by atoms with E-state index < -0.39 is 16.7 Å². The molecule has 152 valence electrons. The minimum absolute atomic E-state index is 0.0354. The van der Waals surface area contributed by atoms with Crippen LogP contribution in [0.3, 0.4) is 0 Å². The van der Waals surface area contributed by atoms with Crippen molar-refractivity contribution in [2.24, 2.45) is 5.92 Å². The summed E-state index contributed by atoms with van der Waals surface area (Å²) in [5.41, 5.74) is -0.572. The zero-order valence-electron chi connectivity index (χ0n) is 16.4. The first-order chi connectivity index (χ1) is 13.7. The van der Waals surface area contributed by atoms with Crippen LogP contribution in [0.15, 0.2) is 52.4 Å². The molecule has 0 atom stereocenters. The van der Waals surface area contributed by atoms with Gasteiger partial charge in [0.05, 0.1) is 6.54 Å². The van der Waals surface area contributed by atoms with E-state index in [0.29, 0.717) is 11.6 Å². The van der Waals surface area contributed by atoms with Gasteiger partial charge < -0.3 is 19.0 Å². The highest BCUT2D eigenvalue weighted by Gasteiger charge is 2.21. The number of nitrogens with zero attached hydrogens (tertiary/aromatic N) is 3. The summed E-state index contributed by atoms with van der Waals surface area (Å²) in [6.45, 7) is 5.75. The molecule has 2 aromatic heterocycles. The average molecular weight is 416 g/mol. The van der Waals surface area contributed by atoms with Crippen molar-refractivity contribution in [2.45, 2.75) is 27.3 Å². The molecule has 1 aromatic carbocycles. The number of hydrogen-bond acceptors (Lipinski definition) is 4. The number of aromatic nitrogens is 2. The summed E-state index contributed by atoms with van der Waals surface area (Å²) >= 11 is 6.00. The Balaban J connectivity index is 2.14. The molecule has 0 bridgehead atoms. The van der Waals surface area contributed by atoms with Crippen molar-refractivity contribution in [1.29, 1.82) is 0 Å². The van der Waals surface area contributed by atoms with Crippen LogP contribution < -0.4 is 15.9 Å². The Labute approximate surface area is 172 Å². The van der Waals surface area contributed by atoms with E-state index in [1.54, 1.807) is 30.6 Å². The Bertz CT molecular complexity index is 1200. The number of hydrogen-bond donors (Lipinski definition) is 1. The number of halogens is 1. The highest BCUT2D eigenvalue weighted by atomic mass is 35.5. The largest absolute Gasteiger partial charge is 0.502 e. The van der Waals surface area contributed by atoms with Gasteiger partial charge in [0.2, 0.25) is 11.3 Å². The number of carbonyl (C=O) groups is 1. The minimum atomic E-state index is -0.751. The third-order valence-corrected chi connectivity index (χ3v) is 4.76. The first-order valence-corrected chi connectivity index (χ1v) is 9.56. The number of anilines is 1. The molecule has 7 nitrogen and oxygen atoms in total. The first-order valence-electron chi connectivity index (χ1n) is 9.19. The molecule has 0 unspecified atom stereocenters. The maximum absolute atomic E-state index is 12.9. The Morgan fingerprint density at radius 2 is 1.97 bits per heavy atom. The van der Waals surface area contributed by atoms with Crippen LogP contribution in [0.2, 0.25) is 5.02 Å². The average Bonchev–Trinajstić information content (AvgIpc) is 2.64. The first kappa shape index (κ1) is 20.7. The van der Waals surface area contributed by atoms with Crippen LogP contribution in [-0.2, 0) is 11.3 Å². The summed E-state index contributed by atoms with van der Waals surface area (Å²) in [4.78, 5) is 39.0. The highest BCUT2D eigenvalue weighted by Crippen LogP contribution is 2.19. The maximum Gasteiger partial charge on any atom is 0.279 e. The van der Waals surface area contributed by atoms with E-state index in [-0.39, 0.29) is 29.6 Å². The summed E-state index contributed by atoms with van der Waals surface area (Å²) in [7, 11) is 0. The molecule has 3 aromatic rings. The van der Waals surface area contributed by atoms with Crippen LogP contribution in [0.4, 0.5) is 5.69 Å². The predicted octanol–water partition coefficient (Wildman–Crippen LogP) is 2.88. The Morgan fingerprint density at radius 3 is 2.59 bits per heavy atom. The lowest BCUT2D eigenvalue weighted by Crippen LogP contribution is -2.36. The molecule has 0 spiro atoms. The van der Waals surface area contributed by atoms with Gasteiger partial charge in [-0.3, -0.25) is 14.4 Å². The molecule has 1 N–H and O–H groups in total. The van der Waals surface area contributed by atoms with Gasteiger partial charge in [0.1, 0.15) is 5.69 Å². The van der Waals surface area contributed by atoms with E-state index in [2.05, 4.69) is 0 Å². The highest BCUT2D eigenvalue weighted by molar-refractivity contribution is 6.30. The van der Waals surface area contributed by atoms with Crippen LogP contribution in [0.25, 0.3) is 5.52 Å². The van der Waals surface area contributed by atoms with E-state index in [9.17, 15) is 19.5 Å². The van der Waals surface area contributed by atoms with Crippen molar-refractivity contribution in [3.05, 3.63) is 74.0 Å². The summed E-state index contributed by atoms with van der Waals surface area (Å²) in [5.74, 6) is -0.876. The zero-order chi connectivity index (χ0) is 21.3. The van der Waals surface area contributed by atoms with E-state index in [4.69, 9.17) is 11.6 Å². The lowest BCUT2D eigenvalue weighted by molar-refractivity contribution is -0.116. The molecule has 0 aliphatic carbocycles. The van der Waals surface area contributed by atoms with Gasteiger partial charge in [0.25, 0.3) is 5.56 Å². The van der Waals surface area contributed by atoms with Crippen LogP contribution >= 0.6 is 11.6 Å². The van der Waals surface area contributed by atoms with Crippen molar-refractivity contribution in [3.8, 4) is 5.75 Å². The number of amides is 1. The van der Waals surface area contributed by atoms with Crippen LogP contribution in [0.1, 0.15) is 26.3 Å². The van der Waals surface area contributed by atoms with Crippen LogP contribution in [0.5, 0.6) is 5.75 Å². The Hall–Kier alpha value is -3.06. The van der Waals surface area contributed by atoms with Crippen LogP contribution in [-0.4, -0.2) is 26.5 Å². The molecule has 0 aliphatic rings. The maximum atomic E-state index is 12.9. The Kier molecular flexibility index (Phi) is 5.79. The van der Waals surface area contributed by atoms with Gasteiger partial charge in [-0.1, -0.05) is 37.6 Å². The smallest absolute Gasteiger partial charge is 0.279 e. The van der Waals surface area contributed by atoms with Gasteiger partial charge in [-0.25, -0.2) is 0 Å². The molecule has 2 heterocycles. The molecule has 3 rings (SSSR count). The molecule has 0 fully saturated rings. The van der Waals surface area contributed by atoms with Crippen molar-refractivity contribution < 1.29 is 9.90 Å². The molecule has 0 saturated carbocycles. The standard InChI is InChI=1S/C21H22ClN3O4/c1-13(2)10-25(14(3)26)17-12-23-7-8-24(11-15-5-4-6-16(22)9-15)21(29)18(23)20(28)19(17)27/h4-9,12-13,28H,10-11H2,1-3H3. The second-order valence-electron chi connectivity index (χ2n) is 7.33. The van der Waals surface area contributed by atoms with Crippen molar-refractivity contribution >= 4 is 28.7 Å². The molecule has 1 amide bonds. The molecule has 0 saturated heterocycles. The normalized spacial score (nSPS) is 11.2. The molecule has 29 heavy (non-hydrogen) atoms. The van der Waals surface area contributed by atoms with Crippen LogP contribution in [0, 0.1) is 5.92 Å². The van der Waals surface area contributed by atoms with E-state index in [1.165, 1.54) is 27.0 Å². The van der Waals surface area contributed by atoms with Gasteiger partial charge in [0.15, 0.2) is 11.3 Å². The van der Waals surface area contributed by atoms with Gasteiger partial charge in [-0.15, -0.1) is 0 Å². The van der Waals surface area contributed by atoms with Gasteiger partial charge in [0, 0.05) is 37.1 Å². The van der Waals surface area contributed by atoms with E-state index >= 15 is 0 Å². The fourth-order valence-corrected chi connectivity index (χ4v) is 3.41. The lowest BCUT2D eigenvalue weighted by Gasteiger charge is -2.23. The van der Waals surface area contributed by atoms with E-state index in [0.717, 1.165) is 5.56 Å². The summed E-state index contributed by atoms with van der Waals surface area (Å²) in [5, 5.41) is 11.1. The quantitative estimate of drug-likeness (QED) is 0.694. The minimum Gasteiger partial charge on any atom is -0.502 e. The van der Waals surface area contributed by atoms with Crippen molar-refractivity contribution in [2.75, 3.05) is 11.4 Å². The summed E-state index contributed by atoms with van der Waals surface area (Å²) in [6, 6.07) is 7.08. The second-order valence-corrected chi connectivity index (χ2v) is 7.77. The number of fused-ring (bicyclic) bond motifs is 1.